The quantitative estimate of drug-likeness (QED) is 0.819. The first-order valence-corrected chi connectivity index (χ1v) is 7.18. The highest BCUT2D eigenvalue weighted by Crippen LogP contribution is 2.40. The first-order chi connectivity index (χ1) is 9.89. The smallest absolute Gasteiger partial charge is 0.234 e. The Balaban J connectivity index is 2.02. The van der Waals surface area contributed by atoms with Gasteiger partial charge in [-0.25, -0.2) is 4.39 Å². The molecule has 2 aromatic carbocycles. The van der Waals surface area contributed by atoms with Crippen LogP contribution >= 0.6 is 11.6 Å². The molecule has 1 atom stereocenters. The summed E-state index contributed by atoms with van der Waals surface area (Å²) in [6.45, 7) is 3.76. The van der Waals surface area contributed by atoms with Crippen LogP contribution in [0, 0.1) is 5.82 Å². The predicted molar refractivity (Wildman–Crippen MR) is 82.2 cm³/mol. The van der Waals surface area contributed by atoms with Gasteiger partial charge < -0.3 is 5.32 Å². The molecule has 1 aliphatic heterocycles. The fraction of sp³-hybridized carbons (Fsp3) is 0.235. The number of hydrogen-bond acceptors (Lipinski definition) is 1. The lowest BCUT2D eigenvalue weighted by Gasteiger charge is -2.17. The van der Waals surface area contributed by atoms with E-state index in [9.17, 15) is 9.18 Å². The van der Waals surface area contributed by atoms with Gasteiger partial charge in [-0.3, -0.25) is 4.79 Å². The highest BCUT2D eigenvalue weighted by atomic mass is 35.5. The van der Waals surface area contributed by atoms with Crippen molar-refractivity contribution in [2.75, 3.05) is 5.32 Å². The zero-order chi connectivity index (χ0) is 15.2. The van der Waals surface area contributed by atoms with Crippen LogP contribution in [0.15, 0.2) is 42.5 Å². The van der Waals surface area contributed by atoms with Crippen molar-refractivity contribution in [2.45, 2.75) is 24.6 Å². The van der Waals surface area contributed by atoms with Crippen molar-refractivity contribution >= 4 is 23.2 Å². The molecule has 0 saturated carbocycles. The summed E-state index contributed by atoms with van der Waals surface area (Å²) in [7, 11) is 0. The van der Waals surface area contributed by atoms with Crippen molar-refractivity contribution in [2.24, 2.45) is 0 Å². The molecule has 2 aromatic rings. The molecule has 21 heavy (non-hydrogen) atoms. The third-order valence-electron chi connectivity index (χ3n) is 3.97. The molecule has 0 saturated heterocycles. The second-order valence-corrected chi connectivity index (χ2v) is 6.24. The number of benzene rings is 2. The van der Waals surface area contributed by atoms with Crippen LogP contribution in [-0.4, -0.2) is 5.91 Å². The van der Waals surface area contributed by atoms with E-state index >= 15 is 0 Å². The van der Waals surface area contributed by atoms with Gasteiger partial charge in [-0.15, -0.1) is 11.6 Å². The van der Waals surface area contributed by atoms with E-state index in [2.05, 4.69) is 5.32 Å². The monoisotopic (exact) mass is 303 g/mol. The summed E-state index contributed by atoms with van der Waals surface area (Å²) in [6.07, 6.45) is 0. The Hall–Kier alpha value is -1.87. The van der Waals surface area contributed by atoms with E-state index < -0.39 is 10.8 Å². The molecule has 4 heteroatoms. The van der Waals surface area contributed by atoms with Crippen LogP contribution in [0.25, 0.3) is 0 Å². The van der Waals surface area contributed by atoms with E-state index in [4.69, 9.17) is 11.6 Å². The van der Waals surface area contributed by atoms with Crippen molar-refractivity contribution in [1.29, 1.82) is 0 Å². The Bertz CT molecular complexity index is 726. The van der Waals surface area contributed by atoms with Crippen LogP contribution in [0.1, 0.15) is 35.9 Å². The molecule has 1 N–H and O–H groups in total. The second-order valence-electron chi connectivity index (χ2n) is 5.80. The van der Waals surface area contributed by atoms with Crippen molar-refractivity contribution in [3.8, 4) is 0 Å². The molecule has 3 rings (SSSR count). The molecule has 0 aromatic heterocycles. The van der Waals surface area contributed by atoms with Crippen molar-refractivity contribution in [3.05, 3.63) is 65.0 Å². The maximum Gasteiger partial charge on any atom is 0.234 e. The fourth-order valence-corrected chi connectivity index (χ4v) is 2.87. The molecular weight excluding hydrogens is 289 g/mol. The normalized spacial score (nSPS) is 17.2. The third-order valence-corrected chi connectivity index (χ3v) is 4.47. The van der Waals surface area contributed by atoms with Crippen molar-refractivity contribution < 1.29 is 9.18 Å². The Morgan fingerprint density at radius 1 is 1.14 bits per heavy atom. The molecular formula is C17H15ClFNO. The Morgan fingerprint density at radius 2 is 1.86 bits per heavy atom. The van der Waals surface area contributed by atoms with Gasteiger partial charge in [0, 0.05) is 5.69 Å². The maximum absolute atomic E-state index is 13.3. The Morgan fingerprint density at radius 3 is 2.57 bits per heavy atom. The highest BCUT2D eigenvalue weighted by molar-refractivity contribution is 6.22. The molecule has 0 spiro atoms. The minimum Gasteiger partial charge on any atom is -0.325 e. The number of carbonyl (C=O) groups is 1. The average Bonchev–Trinajstić information content (AvgIpc) is 2.68. The van der Waals surface area contributed by atoms with Crippen LogP contribution in [0.3, 0.4) is 0 Å². The van der Waals surface area contributed by atoms with Crippen molar-refractivity contribution in [3.63, 3.8) is 0 Å². The second kappa shape index (κ2) is 4.85. The maximum atomic E-state index is 13.3. The molecule has 0 radical (unpaired) electrons. The van der Waals surface area contributed by atoms with E-state index in [-0.39, 0.29) is 11.7 Å². The highest BCUT2D eigenvalue weighted by Gasteiger charge is 2.38. The van der Waals surface area contributed by atoms with Gasteiger partial charge in [-0.2, -0.15) is 0 Å². The van der Waals surface area contributed by atoms with Gasteiger partial charge in [-0.1, -0.05) is 24.3 Å². The lowest BCUT2D eigenvalue weighted by Crippen LogP contribution is -2.26. The molecule has 0 bridgehead atoms. The predicted octanol–water partition coefficient (Wildman–Crippen LogP) is 4.38. The van der Waals surface area contributed by atoms with Crippen LogP contribution in [0.2, 0.25) is 0 Å². The summed E-state index contributed by atoms with van der Waals surface area (Å²) in [6, 6.07) is 11.9. The summed E-state index contributed by atoms with van der Waals surface area (Å²) in [5.41, 5.74) is 2.71. The van der Waals surface area contributed by atoms with Crippen molar-refractivity contribution in [1.82, 2.24) is 0 Å². The standard InChI is InChI=1S/C17H15ClFNO/c1-17(2)13-9-11(6-7-14(13)20-16(17)21)15(18)10-4-3-5-12(19)8-10/h3-9,15H,1-2H3,(H,20,21). The Labute approximate surface area is 127 Å². The zero-order valence-corrected chi connectivity index (χ0v) is 12.5. The number of amides is 1. The van der Waals surface area contributed by atoms with Gasteiger partial charge in [-0.05, 0) is 48.7 Å². The lowest BCUT2D eigenvalue weighted by molar-refractivity contribution is -0.119. The van der Waals surface area contributed by atoms with E-state index in [1.165, 1.54) is 12.1 Å². The molecule has 1 unspecified atom stereocenters. The number of nitrogens with one attached hydrogen (secondary N) is 1. The zero-order valence-electron chi connectivity index (χ0n) is 11.8. The number of halogens is 2. The van der Waals surface area contributed by atoms with E-state index in [1.807, 2.05) is 32.0 Å². The van der Waals surface area contributed by atoms with Crippen LogP contribution in [-0.2, 0) is 10.2 Å². The summed E-state index contributed by atoms with van der Waals surface area (Å²) >= 11 is 6.46. The molecule has 0 fully saturated rings. The molecule has 1 aliphatic rings. The topological polar surface area (TPSA) is 29.1 Å². The van der Waals surface area contributed by atoms with E-state index in [1.54, 1.807) is 12.1 Å². The molecule has 1 heterocycles. The summed E-state index contributed by atoms with van der Waals surface area (Å²) in [5, 5.41) is 2.41. The van der Waals surface area contributed by atoms with Gasteiger partial charge >= 0.3 is 0 Å². The number of carbonyl (C=O) groups excluding carboxylic acids is 1. The van der Waals surface area contributed by atoms with E-state index in [0.29, 0.717) is 5.56 Å². The average molecular weight is 304 g/mol. The number of alkyl halides is 1. The first-order valence-electron chi connectivity index (χ1n) is 6.75. The van der Waals surface area contributed by atoms with Gasteiger partial charge in [0.25, 0.3) is 0 Å². The fourth-order valence-electron chi connectivity index (χ4n) is 2.60. The molecule has 2 nitrogen and oxygen atoms in total. The van der Waals surface area contributed by atoms with Crippen LogP contribution < -0.4 is 5.32 Å². The lowest BCUT2D eigenvalue weighted by atomic mass is 9.85. The van der Waals surface area contributed by atoms with E-state index in [0.717, 1.165) is 16.8 Å². The number of hydrogen-bond donors (Lipinski definition) is 1. The van der Waals surface area contributed by atoms with Gasteiger partial charge in [0.2, 0.25) is 5.91 Å². The van der Waals surface area contributed by atoms with Gasteiger partial charge in [0.1, 0.15) is 5.82 Å². The first kappa shape index (κ1) is 14.1. The number of rotatable bonds is 2. The summed E-state index contributed by atoms with van der Waals surface area (Å²) < 4.78 is 13.3. The Kier molecular flexibility index (Phi) is 3.25. The minimum absolute atomic E-state index is 0.0217. The summed E-state index contributed by atoms with van der Waals surface area (Å²) in [5.74, 6) is -0.331. The SMILES string of the molecule is CC1(C)C(=O)Nc2ccc(C(Cl)c3cccc(F)c3)cc21. The van der Waals surface area contributed by atoms with Gasteiger partial charge in [0.15, 0.2) is 0 Å². The molecule has 108 valence electrons. The minimum atomic E-state index is -0.579. The van der Waals surface area contributed by atoms with Crippen LogP contribution in [0.5, 0.6) is 0 Å². The molecule has 1 amide bonds. The largest absolute Gasteiger partial charge is 0.325 e. The van der Waals surface area contributed by atoms with Gasteiger partial charge in [0.05, 0.1) is 10.8 Å². The van der Waals surface area contributed by atoms with Crippen LogP contribution in [0.4, 0.5) is 10.1 Å². The molecule has 0 aliphatic carbocycles. The number of fused-ring (bicyclic) bond motifs is 1. The number of anilines is 1. The third kappa shape index (κ3) is 2.32. The summed E-state index contributed by atoms with van der Waals surface area (Å²) in [4.78, 5) is 12.0.